The number of ether oxygens (including phenoxy) is 1. The van der Waals surface area contributed by atoms with Crippen molar-refractivity contribution in [3.63, 3.8) is 0 Å². The highest BCUT2D eigenvalue weighted by atomic mass is 35.5. The summed E-state index contributed by atoms with van der Waals surface area (Å²) in [6.07, 6.45) is 1.44. The monoisotopic (exact) mass is 486 g/mol. The van der Waals surface area contributed by atoms with Crippen LogP contribution in [-0.2, 0) is 20.9 Å². The van der Waals surface area contributed by atoms with Crippen molar-refractivity contribution in [2.24, 2.45) is 0 Å². The Bertz CT molecular complexity index is 1010. The number of halogens is 1. The third kappa shape index (κ3) is 6.81. The van der Waals surface area contributed by atoms with Gasteiger partial charge >= 0.3 is 5.97 Å². The second-order valence-electron chi connectivity index (χ2n) is 8.52. The van der Waals surface area contributed by atoms with E-state index in [1.807, 2.05) is 37.3 Å². The maximum atomic E-state index is 11.7. The van der Waals surface area contributed by atoms with Gasteiger partial charge in [-0.15, -0.1) is 0 Å². The second-order valence-corrected chi connectivity index (χ2v) is 8.96. The van der Waals surface area contributed by atoms with E-state index in [-0.39, 0.29) is 50.3 Å². The van der Waals surface area contributed by atoms with E-state index >= 15 is 0 Å². The number of aryl methyl sites for hydroxylation is 1. The van der Waals surface area contributed by atoms with E-state index < -0.39 is 5.97 Å². The first-order valence-corrected chi connectivity index (χ1v) is 11.9. The topological polar surface area (TPSA) is 87.2 Å². The molecular formula is C26H31ClN2O5. The van der Waals surface area contributed by atoms with Gasteiger partial charge in [0.25, 0.3) is 0 Å². The number of hydrogen-bond donors (Lipinski definition) is 1. The lowest BCUT2D eigenvalue weighted by Crippen LogP contribution is -2.33. The number of hydrogen-bond acceptors (Lipinski definition) is 5. The lowest BCUT2D eigenvalue weighted by molar-refractivity contribution is -0.140. The highest BCUT2D eigenvalue weighted by Gasteiger charge is 2.28. The van der Waals surface area contributed by atoms with Crippen LogP contribution in [0.2, 0.25) is 5.02 Å². The van der Waals surface area contributed by atoms with Crippen molar-refractivity contribution in [1.82, 2.24) is 9.80 Å². The van der Waals surface area contributed by atoms with E-state index in [1.165, 1.54) is 4.90 Å². The van der Waals surface area contributed by atoms with E-state index in [0.29, 0.717) is 17.3 Å². The first kappa shape index (κ1) is 25.7. The number of likely N-dealkylation sites (tertiary alicyclic amines) is 1. The predicted molar refractivity (Wildman–Crippen MR) is 130 cm³/mol. The Morgan fingerprint density at radius 2 is 1.82 bits per heavy atom. The van der Waals surface area contributed by atoms with E-state index in [4.69, 9.17) is 16.3 Å². The number of nitrogens with zero attached hydrogens (tertiary/aromatic N) is 2. The fraction of sp³-hybridized carbons (Fsp3) is 0.423. The first-order chi connectivity index (χ1) is 16.3. The fourth-order valence-corrected chi connectivity index (χ4v) is 4.39. The van der Waals surface area contributed by atoms with Gasteiger partial charge in [-0.25, -0.2) is 0 Å². The average molecular weight is 487 g/mol. The lowest BCUT2D eigenvalue weighted by atomic mass is 10.0. The Morgan fingerprint density at radius 1 is 1.15 bits per heavy atom. The Labute approximate surface area is 205 Å². The van der Waals surface area contributed by atoms with Gasteiger partial charge in [0.15, 0.2) is 0 Å². The van der Waals surface area contributed by atoms with Gasteiger partial charge < -0.3 is 9.84 Å². The molecule has 0 radical (unpaired) electrons. The molecule has 0 bridgehead atoms. The molecule has 1 atom stereocenters. The summed E-state index contributed by atoms with van der Waals surface area (Å²) < 4.78 is 5.83. The van der Waals surface area contributed by atoms with Gasteiger partial charge in [0.05, 0.1) is 13.0 Å². The fourth-order valence-electron chi connectivity index (χ4n) is 4.27. The highest BCUT2D eigenvalue weighted by Crippen LogP contribution is 2.29. The van der Waals surface area contributed by atoms with Crippen molar-refractivity contribution < 1.29 is 24.2 Å². The van der Waals surface area contributed by atoms with Crippen LogP contribution in [0, 0.1) is 6.92 Å². The molecule has 1 saturated heterocycles. The van der Waals surface area contributed by atoms with Gasteiger partial charge in [-0.05, 0) is 54.8 Å². The quantitative estimate of drug-likeness (QED) is 0.441. The maximum absolute atomic E-state index is 11.7. The Hall–Kier alpha value is -2.90. The number of benzene rings is 2. The molecular weight excluding hydrogens is 456 g/mol. The molecule has 1 N–H and O–H groups in total. The van der Waals surface area contributed by atoms with Crippen molar-refractivity contribution in [2.45, 2.75) is 52.1 Å². The van der Waals surface area contributed by atoms with Gasteiger partial charge in [-0.1, -0.05) is 42.8 Å². The molecule has 2 amide bonds. The van der Waals surface area contributed by atoms with Gasteiger partial charge in [0, 0.05) is 30.5 Å². The SMILES string of the molecule is CCCN(Cc1ccc(OCCN2C(=O)CCC2=O)c(C)c1)[C@@H](CC(=O)O)c1ccc(Cl)cc1. The molecule has 182 valence electrons. The Balaban J connectivity index is 1.69. The molecule has 2 aromatic carbocycles. The lowest BCUT2D eigenvalue weighted by Gasteiger charge is -2.31. The normalized spacial score (nSPS) is 14.6. The molecule has 0 unspecified atom stereocenters. The zero-order valence-electron chi connectivity index (χ0n) is 19.6. The molecule has 2 aromatic rings. The largest absolute Gasteiger partial charge is 0.491 e. The van der Waals surface area contributed by atoms with Crippen LogP contribution in [0.15, 0.2) is 42.5 Å². The van der Waals surface area contributed by atoms with E-state index in [0.717, 1.165) is 29.7 Å². The minimum Gasteiger partial charge on any atom is -0.491 e. The summed E-state index contributed by atoms with van der Waals surface area (Å²) in [4.78, 5) is 38.5. The molecule has 1 aliphatic rings. The van der Waals surface area contributed by atoms with Crippen molar-refractivity contribution >= 4 is 29.4 Å². The van der Waals surface area contributed by atoms with Crippen molar-refractivity contribution in [3.8, 4) is 5.75 Å². The van der Waals surface area contributed by atoms with Crippen molar-refractivity contribution in [2.75, 3.05) is 19.7 Å². The summed E-state index contributed by atoms with van der Waals surface area (Å²) in [6, 6.07) is 13.0. The third-order valence-corrected chi connectivity index (χ3v) is 6.18. The standard InChI is InChI=1S/C26H31ClN2O5/c1-3-12-28(22(16-26(32)33)20-5-7-21(27)8-6-20)17-19-4-9-23(18(2)15-19)34-14-13-29-24(30)10-11-25(29)31/h4-9,15,22H,3,10-14,16-17H2,1-2H3,(H,32,33)/t22-/m0/s1. The molecule has 0 aromatic heterocycles. The molecule has 1 fully saturated rings. The third-order valence-electron chi connectivity index (χ3n) is 5.93. The predicted octanol–water partition coefficient (Wildman–Crippen LogP) is 4.60. The minimum atomic E-state index is -0.851. The van der Waals surface area contributed by atoms with E-state index in [2.05, 4.69) is 11.8 Å². The number of carboxylic acid groups (broad SMARTS) is 1. The molecule has 0 saturated carbocycles. The van der Waals surface area contributed by atoms with Crippen LogP contribution in [0.25, 0.3) is 0 Å². The maximum Gasteiger partial charge on any atom is 0.305 e. The zero-order valence-corrected chi connectivity index (χ0v) is 20.4. The average Bonchev–Trinajstić information content (AvgIpc) is 3.11. The summed E-state index contributed by atoms with van der Waals surface area (Å²) >= 11 is 6.03. The molecule has 0 spiro atoms. The number of carboxylic acids is 1. The second kappa shape index (κ2) is 12.0. The number of aliphatic carboxylic acids is 1. The number of rotatable bonds is 12. The molecule has 1 aliphatic heterocycles. The summed E-state index contributed by atoms with van der Waals surface area (Å²) in [6.45, 7) is 5.86. The van der Waals surface area contributed by atoms with Crippen LogP contribution in [-0.4, -0.2) is 52.4 Å². The zero-order chi connectivity index (χ0) is 24.7. The molecule has 1 heterocycles. The van der Waals surface area contributed by atoms with Crippen LogP contribution >= 0.6 is 11.6 Å². The van der Waals surface area contributed by atoms with Crippen LogP contribution in [0.5, 0.6) is 5.75 Å². The van der Waals surface area contributed by atoms with Crippen molar-refractivity contribution in [3.05, 3.63) is 64.2 Å². The molecule has 7 nitrogen and oxygen atoms in total. The number of imide groups is 1. The van der Waals surface area contributed by atoms with Crippen LogP contribution < -0.4 is 4.74 Å². The van der Waals surface area contributed by atoms with Crippen LogP contribution in [0.1, 0.15) is 55.3 Å². The Kier molecular flexibility index (Phi) is 9.07. The van der Waals surface area contributed by atoms with Crippen LogP contribution in [0.4, 0.5) is 0 Å². The van der Waals surface area contributed by atoms with E-state index in [9.17, 15) is 19.5 Å². The van der Waals surface area contributed by atoms with Crippen molar-refractivity contribution in [1.29, 1.82) is 0 Å². The summed E-state index contributed by atoms with van der Waals surface area (Å²) in [7, 11) is 0. The molecule has 3 rings (SSSR count). The minimum absolute atomic E-state index is 0.00422. The Morgan fingerprint density at radius 3 is 2.41 bits per heavy atom. The molecule has 8 heteroatoms. The summed E-state index contributed by atoms with van der Waals surface area (Å²) in [5, 5.41) is 10.2. The smallest absolute Gasteiger partial charge is 0.305 e. The van der Waals surface area contributed by atoms with Gasteiger partial charge in [-0.2, -0.15) is 0 Å². The van der Waals surface area contributed by atoms with Gasteiger partial charge in [-0.3, -0.25) is 24.2 Å². The van der Waals surface area contributed by atoms with Crippen LogP contribution in [0.3, 0.4) is 0 Å². The van der Waals surface area contributed by atoms with Gasteiger partial charge in [0.1, 0.15) is 12.4 Å². The number of carbonyl (C=O) groups is 3. The summed E-state index contributed by atoms with van der Waals surface area (Å²) in [5.41, 5.74) is 2.91. The molecule has 0 aliphatic carbocycles. The summed E-state index contributed by atoms with van der Waals surface area (Å²) in [5.74, 6) is -0.442. The van der Waals surface area contributed by atoms with Gasteiger partial charge in [0.2, 0.25) is 11.8 Å². The van der Waals surface area contributed by atoms with E-state index in [1.54, 1.807) is 12.1 Å². The number of amides is 2. The highest BCUT2D eigenvalue weighted by molar-refractivity contribution is 6.30. The molecule has 34 heavy (non-hydrogen) atoms. The number of carbonyl (C=O) groups excluding carboxylic acids is 2. The first-order valence-electron chi connectivity index (χ1n) is 11.5.